The molecule has 0 unspecified atom stereocenters. The molecule has 0 atom stereocenters. The summed E-state index contributed by atoms with van der Waals surface area (Å²) in [6, 6.07) is 17.0. The highest BCUT2D eigenvalue weighted by Crippen LogP contribution is 2.33. The lowest BCUT2D eigenvalue weighted by atomic mass is 10.0. The number of amides is 2. The number of hydrazine groups is 1. The molecule has 1 aliphatic rings. The van der Waals surface area contributed by atoms with Crippen molar-refractivity contribution in [3.05, 3.63) is 83.0 Å². The van der Waals surface area contributed by atoms with Crippen molar-refractivity contribution in [2.45, 2.75) is 0 Å². The van der Waals surface area contributed by atoms with Gasteiger partial charge in [0.15, 0.2) is 4.32 Å². The monoisotopic (exact) mass is 391 g/mol. The fourth-order valence-electron chi connectivity index (χ4n) is 2.75. The van der Waals surface area contributed by atoms with Crippen LogP contribution in [-0.4, -0.2) is 26.1 Å². The number of aromatic nitrogens is 1. The van der Waals surface area contributed by atoms with Crippen molar-refractivity contribution in [2.24, 2.45) is 0 Å². The van der Waals surface area contributed by atoms with Gasteiger partial charge in [-0.25, -0.2) is 0 Å². The van der Waals surface area contributed by atoms with E-state index in [4.69, 9.17) is 12.2 Å². The molecule has 0 saturated carbocycles. The summed E-state index contributed by atoms with van der Waals surface area (Å²) in [6.07, 6.45) is 4.83. The molecule has 132 valence electrons. The van der Waals surface area contributed by atoms with Crippen LogP contribution in [0.1, 0.15) is 15.9 Å². The molecule has 7 heteroatoms. The molecular weight excluding hydrogens is 378 g/mol. The van der Waals surface area contributed by atoms with Crippen LogP contribution in [0.15, 0.2) is 71.9 Å². The molecule has 2 heterocycles. The zero-order valence-corrected chi connectivity index (χ0v) is 15.6. The fourth-order valence-corrected chi connectivity index (χ4v) is 3.92. The third-order valence-corrected chi connectivity index (χ3v) is 5.36. The van der Waals surface area contributed by atoms with Crippen LogP contribution in [0.3, 0.4) is 0 Å². The van der Waals surface area contributed by atoms with Gasteiger partial charge in [-0.1, -0.05) is 54.2 Å². The number of nitrogens with zero attached hydrogens (tertiary/aromatic N) is 2. The average molecular weight is 391 g/mol. The van der Waals surface area contributed by atoms with E-state index in [2.05, 4.69) is 10.4 Å². The summed E-state index contributed by atoms with van der Waals surface area (Å²) in [7, 11) is 0. The van der Waals surface area contributed by atoms with Crippen LogP contribution < -0.4 is 5.43 Å². The molecule has 1 aliphatic heterocycles. The van der Waals surface area contributed by atoms with Gasteiger partial charge < -0.3 is 0 Å². The van der Waals surface area contributed by atoms with E-state index in [0.717, 1.165) is 33.1 Å². The Bertz CT molecular complexity index is 1090. The summed E-state index contributed by atoms with van der Waals surface area (Å²) < 4.78 is 0.286. The quantitative estimate of drug-likeness (QED) is 0.544. The Morgan fingerprint density at radius 2 is 1.81 bits per heavy atom. The topological polar surface area (TPSA) is 62.3 Å². The van der Waals surface area contributed by atoms with Gasteiger partial charge in [0.05, 0.1) is 4.91 Å². The van der Waals surface area contributed by atoms with Crippen molar-refractivity contribution in [3.63, 3.8) is 0 Å². The largest absolute Gasteiger partial charge is 0.285 e. The first-order valence-electron chi connectivity index (χ1n) is 8.10. The Labute approximate surface area is 165 Å². The lowest BCUT2D eigenvalue weighted by Crippen LogP contribution is -2.44. The number of hydrogen-bond donors (Lipinski definition) is 1. The molecule has 27 heavy (non-hydrogen) atoms. The van der Waals surface area contributed by atoms with Crippen LogP contribution in [-0.2, 0) is 4.79 Å². The number of benzene rings is 2. The molecule has 0 spiro atoms. The first-order chi connectivity index (χ1) is 13.1. The number of nitrogens with one attached hydrogen (secondary N) is 1. The third kappa shape index (κ3) is 3.47. The zero-order valence-electron chi connectivity index (χ0n) is 14.0. The van der Waals surface area contributed by atoms with E-state index >= 15 is 0 Å². The number of thioether (sulfide) groups is 1. The summed E-state index contributed by atoms with van der Waals surface area (Å²) in [4.78, 5) is 29.4. The van der Waals surface area contributed by atoms with Crippen molar-refractivity contribution >= 4 is 57.0 Å². The van der Waals surface area contributed by atoms with Crippen LogP contribution >= 0.6 is 24.0 Å². The smallest absolute Gasteiger partial charge is 0.267 e. The van der Waals surface area contributed by atoms with Gasteiger partial charge in [-0.3, -0.25) is 20.0 Å². The predicted molar refractivity (Wildman–Crippen MR) is 111 cm³/mol. The first kappa shape index (κ1) is 17.4. The summed E-state index contributed by atoms with van der Waals surface area (Å²) in [5, 5.41) is 3.25. The van der Waals surface area contributed by atoms with Crippen LogP contribution in [0.2, 0.25) is 0 Å². The van der Waals surface area contributed by atoms with E-state index in [1.807, 2.05) is 42.5 Å². The zero-order chi connectivity index (χ0) is 18.8. The number of pyridine rings is 1. The molecule has 0 aliphatic carbocycles. The van der Waals surface area contributed by atoms with Crippen molar-refractivity contribution in [1.29, 1.82) is 0 Å². The van der Waals surface area contributed by atoms with Gasteiger partial charge >= 0.3 is 0 Å². The molecular formula is C20H13N3O2S2. The summed E-state index contributed by atoms with van der Waals surface area (Å²) in [5.41, 5.74) is 3.89. The number of carbonyl (C=O) groups is 2. The van der Waals surface area contributed by atoms with Gasteiger partial charge in [0.2, 0.25) is 0 Å². The van der Waals surface area contributed by atoms with E-state index in [1.165, 1.54) is 12.4 Å². The highest BCUT2D eigenvalue weighted by atomic mass is 32.2. The highest BCUT2D eigenvalue weighted by Gasteiger charge is 2.33. The van der Waals surface area contributed by atoms with Crippen LogP contribution in [0.5, 0.6) is 0 Å². The summed E-state index contributed by atoms with van der Waals surface area (Å²) in [6.45, 7) is 0. The number of thiocarbonyl (C=S) groups is 1. The maximum Gasteiger partial charge on any atom is 0.285 e. The lowest BCUT2D eigenvalue weighted by molar-refractivity contribution is -0.123. The minimum absolute atomic E-state index is 0.286. The predicted octanol–water partition coefficient (Wildman–Crippen LogP) is 3.78. The second-order valence-corrected chi connectivity index (χ2v) is 7.44. The van der Waals surface area contributed by atoms with Crippen molar-refractivity contribution < 1.29 is 9.59 Å². The van der Waals surface area contributed by atoms with E-state index in [9.17, 15) is 9.59 Å². The fraction of sp³-hybridized carbons (Fsp3) is 0. The molecule has 1 N–H and O–H groups in total. The average Bonchev–Trinajstić information content (AvgIpc) is 2.96. The van der Waals surface area contributed by atoms with Gasteiger partial charge in [0.1, 0.15) is 0 Å². The SMILES string of the molecule is O=C(NN1C(=O)/C(=C/c2cccc3ccccc23)SC1=S)c1ccncc1. The number of carbonyl (C=O) groups excluding carboxylic acids is 2. The Morgan fingerprint density at radius 1 is 1.07 bits per heavy atom. The van der Waals surface area contributed by atoms with Crippen LogP contribution in [0, 0.1) is 0 Å². The van der Waals surface area contributed by atoms with Gasteiger partial charge in [-0.15, -0.1) is 0 Å². The molecule has 0 bridgehead atoms. The van der Waals surface area contributed by atoms with E-state index < -0.39 is 5.91 Å². The van der Waals surface area contributed by atoms with Crippen LogP contribution in [0.4, 0.5) is 0 Å². The lowest BCUT2D eigenvalue weighted by Gasteiger charge is -2.15. The number of rotatable bonds is 3. The molecule has 4 rings (SSSR count). The standard InChI is InChI=1S/C20H13N3O2S2/c24-18(14-8-10-21-11-9-14)22-23-19(25)17(27-20(23)26)12-15-6-3-5-13-4-1-2-7-16(13)15/h1-12H,(H,22,24)/b17-12-. The van der Waals surface area contributed by atoms with E-state index in [0.29, 0.717) is 10.5 Å². The number of fused-ring (bicyclic) bond motifs is 1. The van der Waals surface area contributed by atoms with E-state index in [-0.39, 0.29) is 10.2 Å². The molecule has 5 nitrogen and oxygen atoms in total. The minimum Gasteiger partial charge on any atom is -0.267 e. The third-order valence-electron chi connectivity index (χ3n) is 4.06. The van der Waals surface area contributed by atoms with Crippen molar-refractivity contribution in [2.75, 3.05) is 0 Å². The molecule has 3 aromatic rings. The number of hydrogen-bond acceptors (Lipinski definition) is 5. The maximum atomic E-state index is 12.7. The molecule has 1 saturated heterocycles. The molecule has 0 radical (unpaired) electrons. The second kappa shape index (κ2) is 7.30. The minimum atomic E-state index is -0.417. The Hall–Kier alpha value is -3.03. The van der Waals surface area contributed by atoms with Gasteiger partial charge in [-0.05, 0) is 46.8 Å². The van der Waals surface area contributed by atoms with E-state index in [1.54, 1.807) is 18.2 Å². The molecule has 2 aromatic carbocycles. The molecule has 1 aromatic heterocycles. The molecule has 1 fully saturated rings. The second-order valence-electron chi connectivity index (χ2n) is 5.76. The van der Waals surface area contributed by atoms with Gasteiger partial charge in [0.25, 0.3) is 11.8 Å². The first-order valence-corrected chi connectivity index (χ1v) is 9.33. The Balaban J connectivity index is 1.61. The maximum absolute atomic E-state index is 12.7. The van der Waals surface area contributed by atoms with Crippen molar-refractivity contribution in [1.82, 2.24) is 15.4 Å². The van der Waals surface area contributed by atoms with Crippen LogP contribution in [0.25, 0.3) is 16.8 Å². The van der Waals surface area contributed by atoms with Gasteiger partial charge in [0, 0.05) is 18.0 Å². The normalized spacial score (nSPS) is 15.6. The van der Waals surface area contributed by atoms with Crippen molar-refractivity contribution in [3.8, 4) is 0 Å². The summed E-state index contributed by atoms with van der Waals surface area (Å²) in [5.74, 6) is -0.763. The Kier molecular flexibility index (Phi) is 4.70. The Morgan fingerprint density at radius 3 is 2.63 bits per heavy atom. The highest BCUT2D eigenvalue weighted by molar-refractivity contribution is 8.26. The summed E-state index contributed by atoms with van der Waals surface area (Å²) >= 11 is 6.44. The van der Waals surface area contributed by atoms with Gasteiger partial charge in [-0.2, -0.15) is 5.01 Å². The molecule has 2 amide bonds.